The molecule has 1 aliphatic heterocycles. The van der Waals surface area contributed by atoms with Crippen molar-refractivity contribution < 1.29 is 14.6 Å². The number of hydrogen-bond acceptors (Lipinski definition) is 5. The van der Waals surface area contributed by atoms with Crippen molar-refractivity contribution in [2.45, 2.75) is 18.8 Å². The van der Waals surface area contributed by atoms with E-state index in [4.69, 9.17) is 4.74 Å². The molecule has 7 heteroatoms. The number of thioether (sulfide) groups is 1. The summed E-state index contributed by atoms with van der Waals surface area (Å²) in [5.41, 5.74) is 2.81. The van der Waals surface area contributed by atoms with Crippen molar-refractivity contribution in [1.29, 1.82) is 0 Å². The van der Waals surface area contributed by atoms with E-state index in [1.165, 1.54) is 24.4 Å². The molecule has 3 rings (SSSR count). The summed E-state index contributed by atoms with van der Waals surface area (Å²) in [5.74, 6) is 0.367. The van der Waals surface area contributed by atoms with Crippen LogP contribution in [0.15, 0.2) is 41.3 Å². The molecule has 0 unspecified atom stereocenters. The fourth-order valence-electron chi connectivity index (χ4n) is 2.54. The fourth-order valence-corrected chi connectivity index (χ4v) is 4.15. The zero-order chi connectivity index (χ0) is 18.7. The van der Waals surface area contributed by atoms with Gasteiger partial charge in [0.25, 0.3) is 5.91 Å². The van der Waals surface area contributed by atoms with Gasteiger partial charge >= 0.3 is 0 Å². The highest BCUT2D eigenvalue weighted by molar-refractivity contribution is 14.1. The Morgan fingerprint density at radius 1 is 1.35 bits per heavy atom. The largest absolute Gasteiger partial charge is 0.504 e. The molecule has 0 bridgehead atoms. The molecule has 0 aromatic heterocycles. The third-order valence-corrected chi connectivity index (χ3v) is 5.81. The molecule has 2 aromatic carbocycles. The van der Waals surface area contributed by atoms with Gasteiger partial charge in [-0.05, 0) is 70.5 Å². The predicted octanol–water partition coefficient (Wildman–Crippen LogP) is 4.17. The highest BCUT2D eigenvalue weighted by Crippen LogP contribution is 2.35. The minimum Gasteiger partial charge on any atom is -0.504 e. The summed E-state index contributed by atoms with van der Waals surface area (Å²) in [6.45, 7) is 2.12. The van der Waals surface area contributed by atoms with Crippen molar-refractivity contribution in [2.75, 3.05) is 12.4 Å². The minimum atomic E-state index is -0.223. The third-order valence-electron chi connectivity index (χ3n) is 3.96. The Morgan fingerprint density at radius 2 is 2.08 bits per heavy atom. The lowest BCUT2D eigenvalue weighted by molar-refractivity contribution is -0.116. The van der Waals surface area contributed by atoms with Gasteiger partial charge in [-0.3, -0.25) is 4.79 Å². The van der Waals surface area contributed by atoms with Crippen molar-refractivity contribution in [3.8, 4) is 11.5 Å². The number of amides is 1. The van der Waals surface area contributed by atoms with Crippen LogP contribution in [0.25, 0.3) is 6.08 Å². The quantitative estimate of drug-likeness (QED) is 0.441. The van der Waals surface area contributed by atoms with Crippen LogP contribution in [-0.4, -0.2) is 23.6 Å². The molecular formula is C19H19IN2O3S. The number of aromatic hydroxyl groups is 1. The molecule has 1 atom stereocenters. The van der Waals surface area contributed by atoms with Crippen LogP contribution in [0.2, 0.25) is 0 Å². The molecule has 2 aromatic rings. The number of hydrogen-bond donors (Lipinski definition) is 3. The number of nitrogens with one attached hydrogen (secondary N) is 2. The molecule has 5 nitrogen and oxygen atoms in total. The lowest BCUT2D eigenvalue weighted by atomic mass is 10.1. The summed E-state index contributed by atoms with van der Waals surface area (Å²) < 4.78 is 5.84. The van der Waals surface area contributed by atoms with E-state index in [-0.39, 0.29) is 17.2 Å². The van der Waals surface area contributed by atoms with Crippen molar-refractivity contribution in [3.05, 3.63) is 56.0 Å². The van der Waals surface area contributed by atoms with Crippen molar-refractivity contribution in [3.63, 3.8) is 0 Å². The summed E-state index contributed by atoms with van der Waals surface area (Å²) in [6, 6.07) is 11.7. The van der Waals surface area contributed by atoms with Gasteiger partial charge in [-0.25, -0.2) is 0 Å². The van der Waals surface area contributed by atoms with Gasteiger partial charge in [0, 0.05) is 5.69 Å². The Hall–Kier alpha value is -1.87. The third kappa shape index (κ3) is 4.27. The molecule has 0 saturated carbocycles. The van der Waals surface area contributed by atoms with Crippen LogP contribution in [0.4, 0.5) is 5.69 Å². The minimum absolute atomic E-state index is 0.105. The van der Waals surface area contributed by atoms with Crippen LogP contribution in [0.1, 0.15) is 18.1 Å². The van der Waals surface area contributed by atoms with E-state index < -0.39 is 0 Å². The number of rotatable bonds is 5. The fraction of sp³-hybridized carbons (Fsp3) is 0.211. The molecule has 0 aliphatic carbocycles. The number of phenols is 1. The maximum Gasteiger partial charge on any atom is 0.260 e. The number of halogens is 1. The van der Waals surface area contributed by atoms with Crippen LogP contribution >= 0.6 is 34.4 Å². The van der Waals surface area contributed by atoms with Gasteiger partial charge < -0.3 is 20.5 Å². The average molecular weight is 482 g/mol. The molecule has 136 valence electrons. The van der Waals surface area contributed by atoms with Gasteiger partial charge in [-0.2, -0.15) is 0 Å². The number of carbonyl (C=O) groups excluding carboxylic acids is 1. The van der Waals surface area contributed by atoms with Crippen LogP contribution in [0.3, 0.4) is 0 Å². The monoisotopic (exact) mass is 482 g/mol. The molecule has 1 aliphatic rings. The number of ether oxygens (including phenoxy) is 1. The zero-order valence-corrected chi connectivity index (χ0v) is 17.3. The smallest absolute Gasteiger partial charge is 0.260 e. The van der Waals surface area contributed by atoms with Crippen molar-refractivity contribution in [2.24, 2.45) is 0 Å². The Bertz CT molecular complexity index is 853. The van der Waals surface area contributed by atoms with E-state index in [9.17, 15) is 9.90 Å². The summed E-state index contributed by atoms with van der Waals surface area (Å²) in [7, 11) is 1.50. The van der Waals surface area contributed by atoms with E-state index >= 15 is 0 Å². The number of aryl methyl sites for hydroxylation is 1. The van der Waals surface area contributed by atoms with E-state index in [0.29, 0.717) is 14.2 Å². The second-order valence-corrected chi connectivity index (χ2v) is 8.04. The molecule has 3 N–H and O–H groups in total. The molecule has 1 saturated heterocycles. The second-order valence-electron chi connectivity index (χ2n) is 5.73. The lowest BCUT2D eigenvalue weighted by Crippen LogP contribution is -2.30. The van der Waals surface area contributed by atoms with Crippen LogP contribution in [0.5, 0.6) is 11.5 Å². The molecule has 1 fully saturated rings. The van der Waals surface area contributed by atoms with Gasteiger partial charge in [0.1, 0.15) is 0 Å². The zero-order valence-electron chi connectivity index (χ0n) is 14.4. The SMILES string of the molecule is CCc1ccc(N[C@H]2NC(=O)/C(=C/c3cc(I)c(O)c(OC)c3)S2)cc1. The molecule has 26 heavy (non-hydrogen) atoms. The van der Waals surface area contributed by atoms with Crippen LogP contribution in [-0.2, 0) is 11.2 Å². The average Bonchev–Trinajstić information content (AvgIpc) is 2.97. The molecular weight excluding hydrogens is 463 g/mol. The number of anilines is 1. The van der Waals surface area contributed by atoms with Gasteiger partial charge in [-0.15, -0.1) is 0 Å². The number of phenolic OH excluding ortho intramolecular Hbond substituents is 1. The Kier molecular flexibility index (Phi) is 5.98. The first-order valence-electron chi connectivity index (χ1n) is 8.11. The van der Waals surface area contributed by atoms with Gasteiger partial charge in [0.15, 0.2) is 17.0 Å². The Labute approximate surface area is 170 Å². The first-order valence-corrected chi connectivity index (χ1v) is 10.1. The second kappa shape index (κ2) is 8.22. The number of carbonyl (C=O) groups is 1. The van der Waals surface area contributed by atoms with Crippen molar-refractivity contribution >= 4 is 52.0 Å². The van der Waals surface area contributed by atoms with E-state index in [1.807, 2.05) is 40.8 Å². The summed E-state index contributed by atoms with van der Waals surface area (Å²) in [5, 5.41) is 16.2. The molecule has 1 amide bonds. The number of benzene rings is 2. The van der Waals surface area contributed by atoms with Gasteiger partial charge in [0.2, 0.25) is 0 Å². The van der Waals surface area contributed by atoms with E-state index in [2.05, 4.69) is 29.7 Å². The number of methoxy groups -OCH3 is 1. The first kappa shape index (κ1) is 18.9. The summed E-state index contributed by atoms with van der Waals surface area (Å²) in [4.78, 5) is 12.9. The van der Waals surface area contributed by atoms with E-state index in [1.54, 1.807) is 12.1 Å². The van der Waals surface area contributed by atoms with Crippen LogP contribution < -0.4 is 15.4 Å². The maximum atomic E-state index is 12.3. The molecule has 0 spiro atoms. The first-order chi connectivity index (χ1) is 12.5. The van der Waals surface area contributed by atoms with Gasteiger partial charge in [-0.1, -0.05) is 30.8 Å². The normalized spacial score (nSPS) is 18.0. The highest BCUT2D eigenvalue weighted by atomic mass is 127. The maximum absolute atomic E-state index is 12.3. The highest BCUT2D eigenvalue weighted by Gasteiger charge is 2.27. The van der Waals surface area contributed by atoms with Crippen molar-refractivity contribution in [1.82, 2.24) is 5.32 Å². The predicted molar refractivity (Wildman–Crippen MR) is 114 cm³/mol. The van der Waals surface area contributed by atoms with Gasteiger partial charge in [0.05, 0.1) is 15.6 Å². The lowest BCUT2D eigenvalue weighted by Gasteiger charge is -2.12. The molecule has 0 radical (unpaired) electrons. The molecule has 1 heterocycles. The Morgan fingerprint density at radius 3 is 2.73 bits per heavy atom. The van der Waals surface area contributed by atoms with E-state index in [0.717, 1.165) is 17.7 Å². The summed E-state index contributed by atoms with van der Waals surface area (Å²) >= 11 is 3.46. The topological polar surface area (TPSA) is 70.6 Å². The summed E-state index contributed by atoms with van der Waals surface area (Å²) in [6.07, 6.45) is 2.79. The standard InChI is InChI=1S/C19H19IN2O3S/c1-3-11-4-6-13(7-5-11)21-19-22-18(24)16(26-19)10-12-8-14(20)17(23)15(9-12)25-2/h4-10,19,21,23H,3H2,1-2H3,(H,22,24)/b16-10-/t19-/m0/s1. The Balaban J connectivity index is 1.75. The van der Waals surface area contributed by atoms with Crippen LogP contribution in [0, 0.1) is 3.57 Å².